The molecule has 6 heteroatoms. The summed E-state index contributed by atoms with van der Waals surface area (Å²) in [5.41, 5.74) is 2.31. The van der Waals surface area contributed by atoms with Crippen molar-refractivity contribution in [3.8, 4) is 11.5 Å². The molecule has 0 aliphatic heterocycles. The third kappa shape index (κ3) is 4.37. The lowest BCUT2D eigenvalue weighted by atomic mass is 10.1. The van der Waals surface area contributed by atoms with Crippen molar-refractivity contribution in [2.45, 2.75) is 13.5 Å². The number of carbonyl (C=O) groups excluding carboxylic acids is 1. The van der Waals surface area contributed by atoms with Crippen LogP contribution in [0.5, 0.6) is 11.5 Å². The molecule has 0 spiro atoms. The van der Waals surface area contributed by atoms with E-state index >= 15 is 0 Å². The van der Waals surface area contributed by atoms with E-state index in [1.807, 2.05) is 19.1 Å². The van der Waals surface area contributed by atoms with Crippen molar-refractivity contribution in [3.63, 3.8) is 0 Å². The normalized spacial score (nSPS) is 10.4. The molecular weight excluding hydrogens is 446 g/mol. The molecule has 0 fully saturated rings. The second kappa shape index (κ2) is 8.27. The molecule has 1 heterocycles. The van der Waals surface area contributed by atoms with Crippen molar-refractivity contribution in [1.82, 2.24) is 10.3 Å². The Bertz CT molecular complexity index is 932. The van der Waals surface area contributed by atoms with E-state index in [0.29, 0.717) is 16.9 Å². The fraction of sp³-hybridized carbons (Fsp3) is 0.100. The van der Waals surface area contributed by atoms with Gasteiger partial charge in [0.15, 0.2) is 11.6 Å². The van der Waals surface area contributed by atoms with Crippen molar-refractivity contribution < 1.29 is 13.9 Å². The number of carbonyl (C=O) groups is 1. The van der Waals surface area contributed by atoms with Crippen LogP contribution in [0.2, 0.25) is 0 Å². The molecule has 1 N–H and O–H groups in total. The molecule has 26 heavy (non-hydrogen) atoms. The summed E-state index contributed by atoms with van der Waals surface area (Å²) in [6.07, 6.45) is 3.13. The van der Waals surface area contributed by atoms with Crippen LogP contribution < -0.4 is 10.1 Å². The first-order valence-electron chi connectivity index (χ1n) is 7.94. The number of rotatable bonds is 5. The number of aryl methyl sites for hydroxylation is 1. The van der Waals surface area contributed by atoms with Crippen molar-refractivity contribution in [2.75, 3.05) is 0 Å². The molecule has 0 atom stereocenters. The average molecular weight is 462 g/mol. The van der Waals surface area contributed by atoms with Gasteiger partial charge >= 0.3 is 0 Å². The first-order chi connectivity index (χ1) is 12.5. The van der Waals surface area contributed by atoms with Gasteiger partial charge in [0.1, 0.15) is 5.75 Å². The van der Waals surface area contributed by atoms with Crippen molar-refractivity contribution in [3.05, 3.63) is 87.0 Å². The minimum atomic E-state index is -0.495. The van der Waals surface area contributed by atoms with E-state index < -0.39 is 5.82 Å². The van der Waals surface area contributed by atoms with E-state index in [2.05, 4.69) is 32.9 Å². The molecule has 0 unspecified atom stereocenters. The molecule has 4 nitrogen and oxygen atoms in total. The summed E-state index contributed by atoms with van der Waals surface area (Å²) in [5, 5.41) is 2.82. The molecule has 1 amide bonds. The highest BCUT2D eigenvalue weighted by Gasteiger charge is 2.12. The molecule has 0 bridgehead atoms. The zero-order chi connectivity index (χ0) is 18.5. The standard InChI is InChI=1S/C20H16FIN2O2/c1-13-4-2-6-16(19(13)22)20(25)24-11-14-7-8-18(17(21)10-14)26-15-5-3-9-23-12-15/h2-10,12H,11H2,1H3,(H,24,25). The number of ether oxygens (including phenoxy) is 1. The molecule has 2 aromatic carbocycles. The number of benzene rings is 2. The van der Waals surface area contributed by atoms with Gasteiger partial charge in [0.05, 0.1) is 11.8 Å². The lowest BCUT2D eigenvalue weighted by Gasteiger charge is -2.10. The number of hydrogen-bond donors (Lipinski definition) is 1. The van der Waals surface area contributed by atoms with Gasteiger partial charge < -0.3 is 10.1 Å². The maximum Gasteiger partial charge on any atom is 0.252 e. The number of hydrogen-bond acceptors (Lipinski definition) is 3. The Morgan fingerprint density at radius 3 is 2.81 bits per heavy atom. The first kappa shape index (κ1) is 18.3. The smallest absolute Gasteiger partial charge is 0.252 e. The highest BCUT2D eigenvalue weighted by Crippen LogP contribution is 2.24. The predicted octanol–water partition coefficient (Wildman–Crippen LogP) is 4.86. The monoisotopic (exact) mass is 462 g/mol. The lowest BCUT2D eigenvalue weighted by molar-refractivity contribution is 0.0950. The van der Waals surface area contributed by atoms with Crippen molar-refractivity contribution >= 4 is 28.5 Å². The van der Waals surface area contributed by atoms with Crippen LogP contribution in [-0.2, 0) is 6.54 Å². The van der Waals surface area contributed by atoms with Gasteiger partial charge in [0.2, 0.25) is 0 Å². The molecule has 1 aromatic heterocycles. The van der Waals surface area contributed by atoms with Crippen LogP contribution in [0, 0.1) is 16.3 Å². The summed E-state index contributed by atoms with van der Waals surface area (Å²) in [5.74, 6) is -0.109. The molecule has 3 aromatic rings. The number of amides is 1. The van der Waals surface area contributed by atoms with Gasteiger partial charge in [-0.15, -0.1) is 0 Å². The summed E-state index contributed by atoms with van der Waals surface area (Å²) >= 11 is 2.15. The van der Waals surface area contributed by atoms with Crippen LogP contribution in [0.3, 0.4) is 0 Å². The number of nitrogens with one attached hydrogen (secondary N) is 1. The van der Waals surface area contributed by atoms with Crippen LogP contribution >= 0.6 is 22.6 Å². The Morgan fingerprint density at radius 1 is 1.23 bits per heavy atom. The van der Waals surface area contributed by atoms with E-state index in [-0.39, 0.29) is 18.2 Å². The lowest BCUT2D eigenvalue weighted by Crippen LogP contribution is -2.24. The zero-order valence-electron chi connectivity index (χ0n) is 14.0. The van der Waals surface area contributed by atoms with Crippen LogP contribution in [0.25, 0.3) is 0 Å². The summed E-state index contributed by atoms with van der Waals surface area (Å²) in [4.78, 5) is 16.3. The first-order valence-corrected chi connectivity index (χ1v) is 9.02. The van der Waals surface area contributed by atoms with Crippen LogP contribution in [0.15, 0.2) is 60.9 Å². The quantitative estimate of drug-likeness (QED) is 0.552. The summed E-state index contributed by atoms with van der Waals surface area (Å²) in [6.45, 7) is 2.18. The Labute approximate surface area is 164 Å². The van der Waals surface area contributed by atoms with Crippen molar-refractivity contribution in [2.24, 2.45) is 0 Å². The molecule has 132 valence electrons. The van der Waals surface area contributed by atoms with Gasteiger partial charge in [-0.05, 0) is 71.0 Å². The second-order valence-corrected chi connectivity index (χ2v) is 6.75. The van der Waals surface area contributed by atoms with Gasteiger partial charge in [-0.25, -0.2) is 4.39 Å². The SMILES string of the molecule is Cc1cccc(C(=O)NCc2ccc(Oc3cccnc3)c(F)c2)c1I. The van der Waals surface area contributed by atoms with Gasteiger partial charge in [-0.2, -0.15) is 0 Å². The molecule has 0 radical (unpaired) electrons. The number of halogens is 2. The van der Waals surface area contributed by atoms with Gasteiger partial charge in [-0.3, -0.25) is 9.78 Å². The maximum absolute atomic E-state index is 14.2. The second-order valence-electron chi connectivity index (χ2n) is 5.67. The molecule has 0 saturated heterocycles. The van der Waals surface area contributed by atoms with E-state index in [4.69, 9.17) is 4.74 Å². The summed E-state index contributed by atoms with van der Waals surface area (Å²) < 4.78 is 20.6. The molecule has 0 aliphatic rings. The maximum atomic E-state index is 14.2. The fourth-order valence-electron chi connectivity index (χ4n) is 2.37. The average Bonchev–Trinajstić information content (AvgIpc) is 2.65. The summed E-state index contributed by atoms with van der Waals surface area (Å²) in [6, 6.07) is 13.6. The number of nitrogens with zero attached hydrogens (tertiary/aromatic N) is 1. The largest absolute Gasteiger partial charge is 0.453 e. The highest BCUT2D eigenvalue weighted by atomic mass is 127. The number of aromatic nitrogens is 1. The van der Waals surface area contributed by atoms with Gasteiger partial charge in [-0.1, -0.05) is 18.2 Å². The molecular formula is C20H16FIN2O2. The van der Waals surface area contributed by atoms with E-state index in [0.717, 1.165) is 9.13 Å². The number of pyridine rings is 1. The highest BCUT2D eigenvalue weighted by molar-refractivity contribution is 14.1. The van der Waals surface area contributed by atoms with Crippen LogP contribution in [0.1, 0.15) is 21.5 Å². The third-order valence-electron chi connectivity index (χ3n) is 3.75. The summed E-state index contributed by atoms with van der Waals surface area (Å²) in [7, 11) is 0. The minimum absolute atomic E-state index is 0.112. The Hall–Kier alpha value is -2.48. The third-order valence-corrected chi connectivity index (χ3v) is 5.18. The van der Waals surface area contributed by atoms with E-state index in [1.165, 1.54) is 12.3 Å². The van der Waals surface area contributed by atoms with E-state index in [1.54, 1.807) is 36.5 Å². The van der Waals surface area contributed by atoms with Crippen LogP contribution in [0.4, 0.5) is 4.39 Å². The molecule has 0 saturated carbocycles. The van der Waals surface area contributed by atoms with Crippen LogP contribution in [-0.4, -0.2) is 10.9 Å². The zero-order valence-corrected chi connectivity index (χ0v) is 16.2. The van der Waals surface area contributed by atoms with Crippen molar-refractivity contribution in [1.29, 1.82) is 0 Å². The fourth-order valence-corrected chi connectivity index (χ4v) is 2.98. The Morgan fingerprint density at radius 2 is 2.08 bits per heavy atom. The van der Waals surface area contributed by atoms with E-state index in [9.17, 15) is 9.18 Å². The van der Waals surface area contributed by atoms with Gasteiger partial charge in [0.25, 0.3) is 5.91 Å². The topological polar surface area (TPSA) is 51.2 Å². The predicted molar refractivity (Wildman–Crippen MR) is 106 cm³/mol. The minimum Gasteiger partial charge on any atom is -0.453 e. The molecule has 3 rings (SSSR count). The Kier molecular flexibility index (Phi) is 5.82. The Balaban J connectivity index is 1.66. The van der Waals surface area contributed by atoms with Gasteiger partial charge in [0, 0.05) is 16.3 Å². The molecule has 0 aliphatic carbocycles.